The summed E-state index contributed by atoms with van der Waals surface area (Å²) in [5, 5.41) is 13.0. The predicted molar refractivity (Wildman–Crippen MR) is 142 cm³/mol. The van der Waals surface area contributed by atoms with Gasteiger partial charge in [-0.15, -0.1) is 5.10 Å². The minimum atomic E-state index is -0.468. The van der Waals surface area contributed by atoms with Crippen LogP contribution in [0.25, 0.3) is 0 Å². The molecule has 1 aliphatic heterocycles. The molecule has 0 fully saturated rings. The fourth-order valence-corrected chi connectivity index (χ4v) is 4.93. The molecule has 0 saturated carbocycles. The van der Waals surface area contributed by atoms with Crippen molar-refractivity contribution in [3.63, 3.8) is 0 Å². The Morgan fingerprint density at radius 3 is 2.34 bits per heavy atom. The number of hydrogen-bond acceptors (Lipinski definition) is 5. The number of para-hydroxylation sites is 1. The highest BCUT2D eigenvalue weighted by atomic mass is 35.5. The normalized spacial score (nSPS) is 14.9. The standard InChI is InChI=1S/C26H21Cl2N5OS/c1-16-22(24(34)30-21-5-3-2-4-6-21)23(18-9-13-20(28)14-10-18)33-25(29-16)31-26(32-33)35-15-17-7-11-19(27)12-8-17/h2-14,23H,15H2,1H3,(H,30,34)(H,29,31,32). The first-order valence-electron chi connectivity index (χ1n) is 10.9. The molecule has 0 spiro atoms. The van der Waals surface area contributed by atoms with Gasteiger partial charge >= 0.3 is 0 Å². The second-order valence-corrected chi connectivity index (χ2v) is 9.83. The molecule has 0 aliphatic carbocycles. The molecule has 1 aliphatic rings. The number of nitrogens with zero attached hydrogens (tertiary/aromatic N) is 3. The molecule has 4 aromatic rings. The van der Waals surface area contributed by atoms with Crippen LogP contribution in [0.2, 0.25) is 10.0 Å². The number of benzene rings is 3. The molecule has 3 aromatic carbocycles. The van der Waals surface area contributed by atoms with Gasteiger partial charge in [-0.25, -0.2) is 4.68 Å². The number of thioether (sulfide) groups is 1. The van der Waals surface area contributed by atoms with Crippen molar-refractivity contribution in [1.29, 1.82) is 0 Å². The molecule has 176 valence electrons. The summed E-state index contributed by atoms with van der Waals surface area (Å²) in [6.07, 6.45) is 0. The van der Waals surface area contributed by atoms with Crippen LogP contribution in [0.15, 0.2) is 95.3 Å². The van der Waals surface area contributed by atoms with Crippen molar-refractivity contribution in [1.82, 2.24) is 14.8 Å². The summed E-state index contributed by atoms with van der Waals surface area (Å²) in [4.78, 5) is 18.2. The number of fused-ring (bicyclic) bond motifs is 1. The zero-order valence-corrected chi connectivity index (χ0v) is 21.0. The van der Waals surface area contributed by atoms with Gasteiger partial charge in [0.15, 0.2) is 0 Å². The number of aromatic nitrogens is 3. The Morgan fingerprint density at radius 1 is 1.00 bits per heavy atom. The van der Waals surface area contributed by atoms with Crippen molar-refractivity contribution < 1.29 is 4.79 Å². The van der Waals surface area contributed by atoms with Crippen molar-refractivity contribution in [2.24, 2.45) is 0 Å². The number of halogens is 2. The van der Waals surface area contributed by atoms with E-state index in [0.717, 1.165) is 16.8 Å². The van der Waals surface area contributed by atoms with Crippen LogP contribution in [0.5, 0.6) is 0 Å². The number of carbonyl (C=O) groups is 1. The molecule has 0 saturated heterocycles. The van der Waals surface area contributed by atoms with Gasteiger partial charge in [-0.2, -0.15) is 4.98 Å². The van der Waals surface area contributed by atoms with Crippen LogP contribution in [0.1, 0.15) is 24.1 Å². The minimum Gasteiger partial charge on any atom is -0.328 e. The van der Waals surface area contributed by atoms with E-state index in [-0.39, 0.29) is 5.91 Å². The molecule has 1 aromatic heterocycles. The highest BCUT2D eigenvalue weighted by Crippen LogP contribution is 2.37. The Balaban J connectivity index is 1.48. The lowest BCUT2D eigenvalue weighted by Gasteiger charge is -2.28. The van der Waals surface area contributed by atoms with Crippen molar-refractivity contribution >= 4 is 52.5 Å². The van der Waals surface area contributed by atoms with Gasteiger partial charge in [0, 0.05) is 27.2 Å². The van der Waals surface area contributed by atoms with Gasteiger partial charge in [0.25, 0.3) is 5.91 Å². The minimum absolute atomic E-state index is 0.210. The molecule has 1 unspecified atom stereocenters. The highest BCUT2D eigenvalue weighted by Gasteiger charge is 2.34. The van der Waals surface area contributed by atoms with Crippen LogP contribution >= 0.6 is 35.0 Å². The SMILES string of the molecule is CC1=C(C(=O)Nc2ccccc2)C(c2ccc(Cl)cc2)n2nc(SCc3ccc(Cl)cc3)nc2N1. The monoisotopic (exact) mass is 521 g/mol. The van der Waals surface area contributed by atoms with E-state index in [1.165, 1.54) is 11.8 Å². The van der Waals surface area contributed by atoms with Gasteiger partial charge in [-0.3, -0.25) is 4.79 Å². The first-order chi connectivity index (χ1) is 17.0. The van der Waals surface area contributed by atoms with Crippen LogP contribution in [0, 0.1) is 0 Å². The Labute approximate surface area is 217 Å². The molecule has 5 rings (SSSR count). The second-order valence-electron chi connectivity index (χ2n) is 8.02. The van der Waals surface area contributed by atoms with E-state index >= 15 is 0 Å². The van der Waals surface area contributed by atoms with Gasteiger partial charge < -0.3 is 10.6 Å². The van der Waals surface area contributed by atoms with Crippen molar-refractivity contribution in [3.05, 3.63) is 111 Å². The maximum atomic E-state index is 13.5. The molecule has 0 bridgehead atoms. The summed E-state index contributed by atoms with van der Waals surface area (Å²) >= 11 is 13.7. The van der Waals surface area contributed by atoms with Crippen LogP contribution in [-0.4, -0.2) is 20.7 Å². The predicted octanol–water partition coefficient (Wildman–Crippen LogP) is 6.80. The van der Waals surface area contributed by atoms with Gasteiger partial charge in [-0.05, 0) is 54.4 Å². The van der Waals surface area contributed by atoms with E-state index in [0.29, 0.717) is 38.2 Å². The molecule has 0 radical (unpaired) electrons. The summed E-state index contributed by atoms with van der Waals surface area (Å²) in [7, 11) is 0. The Hall–Kier alpha value is -3.26. The Kier molecular flexibility index (Phi) is 6.81. The second kappa shape index (κ2) is 10.2. The number of allylic oxidation sites excluding steroid dienone is 1. The average Bonchev–Trinajstić information content (AvgIpc) is 3.26. The van der Waals surface area contributed by atoms with Gasteiger partial charge in [-0.1, -0.05) is 77.4 Å². The molecular formula is C26H21Cl2N5OS. The van der Waals surface area contributed by atoms with Crippen molar-refractivity contribution in [2.75, 3.05) is 10.6 Å². The molecular weight excluding hydrogens is 501 g/mol. The summed E-state index contributed by atoms with van der Waals surface area (Å²) in [6.45, 7) is 1.88. The Morgan fingerprint density at radius 2 is 1.66 bits per heavy atom. The Bertz CT molecular complexity index is 1390. The lowest BCUT2D eigenvalue weighted by atomic mass is 9.95. The van der Waals surface area contributed by atoms with E-state index in [9.17, 15) is 4.79 Å². The molecule has 1 amide bonds. The van der Waals surface area contributed by atoms with Crippen molar-refractivity contribution in [2.45, 2.75) is 23.9 Å². The molecule has 2 heterocycles. The summed E-state index contributed by atoms with van der Waals surface area (Å²) in [5.74, 6) is 1.06. The first-order valence-corrected chi connectivity index (χ1v) is 12.7. The number of nitrogens with one attached hydrogen (secondary N) is 2. The topological polar surface area (TPSA) is 71.8 Å². The smallest absolute Gasteiger partial charge is 0.255 e. The first kappa shape index (κ1) is 23.5. The molecule has 9 heteroatoms. The van der Waals surface area contributed by atoms with Crippen molar-refractivity contribution in [3.8, 4) is 0 Å². The number of anilines is 2. The maximum absolute atomic E-state index is 13.5. The third-order valence-corrected chi connectivity index (χ3v) is 6.99. The lowest BCUT2D eigenvalue weighted by molar-refractivity contribution is -0.113. The van der Waals surface area contributed by atoms with Gasteiger partial charge in [0.1, 0.15) is 6.04 Å². The zero-order chi connectivity index (χ0) is 24.4. The third-order valence-electron chi connectivity index (χ3n) is 5.58. The van der Waals surface area contributed by atoms with Crippen LogP contribution < -0.4 is 10.6 Å². The molecule has 2 N–H and O–H groups in total. The number of carbonyl (C=O) groups excluding carboxylic acids is 1. The van der Waals surface area contributed by atoms with E-state index in [4.69, 9.17) is 33.3 Å². The van der Waals surface area contributed by atoms with E-state index in [1.807, 2.05) is 85.8 Å². The summed E-state index contributed by atoms with van der Waals surface area (Å²) in [5.41, 5.74) is 3.99. The number of hydrogen-bond donors (Lipinski definition) is 2. The molecule has 1 atom stereocenters. The fourth-order valence-electron chi connectivity index (χ4n) is 3.89. The maximum Gasteiger partial charge on any atom is 0.255 e. The van der Waals surface area contributed by atoms with Crippen LogP contribution in [0.3, 0.4) is 0 Å². The quantitative estimate of drug-likeness (QED) is 0.273. The zero-order valence-electron chi connectivity index (χ0n) is 18.7. The van der Waals surface area contributed by atoms with Crippen LogP contribution in [0.4, 0.5) is 11.6 Å². The summed E-state index contributed by atoms with van der Waals surface area (Å²) < 4.78 is 1.76. The largest absolute Gasteiger partial charge is 0.328 e. The molecule has 6 nitrogen and oxygen atoms in total. The van der Waals surface area contributed by atoms with E-state index in [1.54, 1.807) is 4.68 Å². The highest BCUT2D eigenvalue weighted by molar-refractivity contribution is 7.98. The summed E-state index contributed by atoms with van der Waals surface area (Å²) in [6, 6.07) is 24.1. The fraction of sp³-hybridized carbons (Fsp3) is 0.115. The van der Waals surface area contributed by atoms with Crippen LogP contribution in [-0.2, 0) is 10.5 Å². The van der Waals surface area contributed by atoms with E-state index in [2.05, 4.69) is 10.6 Å². The third kappa shape index (κ3) is 5.22. The number of rotatable bonds is 6. The lowest BCUT2D eigenvalue weighted by Crippen LogP contribution is -2.31. The average molecular weight is 522 g/mol. The van der Waals surface area contributed by atoms with E-state index < -0.39 is 6.04 Å². The number of amides is 1. The van der Waals surface area contributed by atoms with Gasteiger partial charge in [0.2, 0.25) is 11.1 Å². The molecule has 35 heavy (non-hydrogen) atoms. The van der Waals surface area contributed by atoms with Gasteiger partial charge in [0.05, 0.1) is 5.57 Å².